The Hall–Kier alpha value is -2.07. The number of hydrogen-bond donors (Lipinski definition) is 1. The second-order valence-electron chi connectivity index (χ2n) is 4.01. The summed E-state index contributed by atoms with van der Waals surface area (Å²) in [6.45, 7) is 4.15. The van der Waals surface area contributed by atoms with E-state index in [9.17, 15) is 4.79 Å². The van der Waals surface area contributed by atoms with Crippen LogP contribution in [-0.4, -0.2) is 20.6 Å². The van der Waals surface area contributed by atoms with Crippen LogP contribution in [0.3, 0.4) is 0 Å². The molecule has 0 amide bonds. The molecule has 5 heteroatoms. The molecule has 1 N–H and O–H groups in total. The first-order valence-electron chi connectivity index (χ1n) is 5.76. The number of allylic oxidation sites excluding steroid dienone is 1. The summed E-state index contributed by atoms with van der Waals surface area (Å²) < 4.78 is 1.78. The van der Waals surface area contributed by atoms with Crippen molar-refractivity contribution in [2.75, 3.05) is 0 Å². The van der Waals surface area contributed by atoms with Gasteiger partial charge in [0.05, 0.1) is 12.1 Å². The molecule has 4 nitrogen and oxygen atoms in total. The Morgan fingerprint density at radius 2 is 2.11 bits per heavy atom. The lowest BCUT2D eigenvalue weighted by molar-refractivity contribution is -0.136. The SMILES string of the molecule is C=CCn1c(-c2ccccc2)nc(Cl)c1CC(=O)O. The second-order valence-corrected chi connectivity index (χ2v) is 4.37. The number of nitrogens with zero attached hydrogens (tertiary/aromatic N) is 2. The summed E-state index contributed by atoms with van der Waals surface area (Å²) in [6, 6.07) is 9.51. The summed E-state index contributed by atoms with van der Waals surface area (Å²) in [7, 11) is 0. The lowest BCUT2D eigenvalue weighted by atomic mass is 10.2. The fourth-order valence-corrected chi connectivity index (χ4v) is 2.15. The number of carboxylic acids is 1. The van der Waals surface area contributed by atoms with Gasteiger partial charge in [0, 0.05) is 12.1 Å². The van der Waals surface area contributed by atoms with E-state index in [0.717, 1.165) is 5.56 Å². The number of carboxylic acid groups (broad SMARTS) is 1. The molecule has 2 aromatic rings. The minimum absolute atomic E-state index is 0.160. The zero-order valence-corrected chi connectivity index (χ0v) is 11.0. The highest BCUT2D eigenvalue weighted by Crippen LogP contribution is 2.26. The first-order chi connectivity index (χ1) is 9.13. The van der Waals surface area contributed by atoms with E-state index < -0.39 is 5.97 Å². The number of rotatable bonds is 5. The Labute approximate surface area is 116 Å². The summed E-state index contributed by atoms with van der Waals surface area (Å²) in [6.07, 6.45) is 1.53. The topological polar surface area (TPSA) is 55.1 Å². The third-order valence-corrected chi connectivity index (χ3v) is 2.99. The maximum Gasteiger partial charge on any atom is 0.309 e. The smallest absolute Gasteiger partial charge is 0.309 e. The van der Waals surface area contributed by atoms with Crippen LogP contribution >= 0.6 is 11.6 Å². The van der Waals surface area contributed by atoms with Gasteiger partial charge in [-0.25, -0.2) is 4.98 Å². The van der Waals surface area contributed by atoms with E-state index in [1.807, 2.05) is 30.3 Å². The van der Waals surface area contributed by atoms with Gasteiger partial charge in [0.1, 0.15) is 5.82 Å². The van der Waals surface area contributed by atoms with Gasteiger partial charge in [-0.15, -0.1) is 6.58 Å². The first-order valence-corrected chi connectivity index (χ1v) is 6.14. The van der Waals surface area contributed by atoms with Crippen LogP contribution in [-0.2, 0) is 17.8 Å². The number of carbonyl (C=O) groups is 1. The Bertz CT molecular complexity index is 605. The highest BCUT2D eigenvalue weighted by molar-refractivity contribution is 6.30. The van der Waals surface area contributed by atoms with Gasteiger partial charge in [-0.05, 0) is 0 Å². The largest absolute Gasteiger partial charge is 0.481 e. The van der Waals surface area contributed by atoms with Gasteiger partial charge in [-0.1, -0.05) is 48.0 Å². The molecule has 0 radical (unpaired) electrons. The van der Waals surface area contributed by atoms with Gasteiger partial charge in [0.25, 0.3) is 0 Å². The average Bonchev–Trinajstić information content (AvgIpc) is 2.69. The van der Waals surface area contributed by atoms with Gasteiger partial charge >= 0.3 is 5.97 Å². The lowest BCUT2D eigenvalue weighted by Crippen LogP contribution is -2.09. The van der Waals surface area contributed by atoms with Gasteiger partial charge < -0.3 is 9.67 Å². The average molecular weight is 277 g/mol. The van der Waals surface area contributed by atoms with Crippen molar-refractivity contribution in [3.63, 3.8) is 0 Å². The Morgan fingerprint density at radius 1 is 1.42 bits per heavy atom. The minimum Gasteiger partial charge on any atom is -0.481 e. The maximum absolute atomic E-state index is 10.9. The van der Waals surface area contributed by atoms with Crippen molar-refractivity contribution in [3.05, 3.63) is 53.8 Å². The quantitative estimate of drug-likeness (QED) is 0.854. The number of hydrogen-bond acceptors (Lipinski definition) is 2. The minimum atomic E-state index is -0.938. The molecule has 19 heavy (non-hydrogen) atoms. The van der Waals surface area contributed by atoms with Crippen LogP contribution in [0.15, 0.2) is 43.0 Å². The van der Waals surface area contributed by atoms with Crippen LogP contribution < -0.4 is 0 Å². The van der Waals surface area contributed by atoms with Crippen molar-refractivity contribution >= 4 is 17.6 Å². The van der Waals surface area contributed by atoms with Crippen LogP contribution in [0, 0.1) is 0 Å². The Morgan fingerprint density at radius 3 is 2.68 bits per heavy atom. The van der Waals surface area contributed by atoms with Crippen LogP contribution in [0.5, 0.6) is 0 Å². The molecular formula is C14H13ClN2O2. The van der Waals surface area contributed by atoms with Crippen molar-refractivity contribution in [1.82, 2.24) is 9.55 Å². The molecule has 0 aliphatic heterocycles. The summed E-state index contributed by atoms with van der Waals surface area (Å²) in [4.78, 5) is 15.2. The molecule has 0 aliphatic rings. The molecule has 0 unspecified atom stereocenters. The predicted octanol–water partition coefficient (Wildman–Crippen LogP) is 3.02. The normalized spacial score (nSPS) is 10.4. The van der Waals surface area contributed by atoms with E-state index in [-0.39, 0.29) is 11.6 Å². The van der Waals surface area contributed by atoms with Gasteiger partial charge in [0.15, 0.2) is 5.15 Å². The molecule has 1 heterocycles. The molecule has 98 valence electrons. The first kappa shape index (κ1) is 13.4. The molecule has 0 saturated carbocycles. The molecule has 1 aromatic carbocycles. The van der Waals surface area contributed by atoms with Crippen LogP contribution in [0.2, 0.25) is 5.15 Å². The van der Waals surface area contributed by atoms with Crippen molar-refractivity contribution in [1.29, 1.82) is 0 Å². The molecule has 0 atom stereocenters. The maximum atomic E-state index is 10.9. The van der Waals surface area contributed by atoms with Crippen molar-refractivity contribution in [2.24, 2.45) is 0 Å². The molecule has 0 saturated heterocycles. The summed E-state index contributed by atoms with van der Waals surface area (Å²) >= 11 is 6.05. The van der Waals surface area contributed by atoms with Gasteiger partial charge in [0.2, 0.25) is 0 Å². The molecule has 0 spiro atoms. The molecule has 0 bridgehead atoms. The Kier molecular flexibility index (Phi) is 4.02. The Balaban J connectivity index is 2.55. The highest BCUT2D eigenvalue weighted by Gasteiger charge is 2.18. The number of imidazole rings is 1. The number of aliphatic carboxylic acids is 1. The standard InChI is InChI=1S/C14H13ClN2O2/c1-2-8-17-11(9-12(18)19)13(15)16-14(17)10-6-4-3-5-7-10/h2-7H,1,8-9H2,(H,18,19). The summed E-state index contributed by atoms with van der Waals surface area (Å²) in [5.74, 6) is -0.284. The van der Waals surface area contributed by atoms with Crippen LogP contribution in [0.4, 0.5) is 0 Å². The molecule has 1 aromatic heterocycles. The van der Waals surface area contributed by atoms with E-state index in [1.54, 1.807) is 10.6 Å². The third kappa shape index (κ3) is 2.85. The number of aromatic nitrogens is 2. The summed E-state index contributed by atoms with van der Waals surface area (Å²) in [5, 5.41) is 9.16. The van der Waals surface area contributed by atoms with Crippen LogP contribution in [0.25, 0.3) is 11.4 Å². The van der Waals surface area contributed by atoms with E-state index in [0.29, 0.717) is 18.1 Å². The van der Waals surface area contributed by atoms with E-state index in [1.165, 1.54) is 0 Å². The number of halogens is 1. The van der Waals surface area contributed by atoms with E-state index in [4.69, 9.17) is 16.7 Å². The monoisotopic (exact) mass is 276 g/mol. The molecule has 0 fully saturated rings. The zero-order valence-electron chi connectivity index (χ0n) is 10.2. The number of benzene rings is 1. The van der Waals surface area contributed by atoms with Crippen molar-refractivity contribution in [2.45, 2.75) is 13.0 Å². The van der Waals surface area contributed by atoms with Crippen LogP contribution in [0.1, 0.15) is 5.69 Å². The zero-order chi connectivity index (χ0) is 13.8. The van der Waals surface area contributed by atoms with Gasteiger partial charge in [-0.2, -0.15) is 0 Å². The fourth-order valence-electron chi connectivity index (χ4n) is 1.90. The fraction of sp³-hybridized carbons (Fsp3) is 0.143. The third-order valence-electron chi connectivity index (χ3n) is 2.69. The second kappa shape index (κ2) is 5.71. The molecule has 2 rings (SSSR count). The lowest BCUT2D eigenvalue weighted by Gasteiger charge is -2.08. The molecule has 0 aliphatic carbocycles. The van der Waals surface area contributed by atoms with Crippen molar-refractivity contribution in [3.8, 4) is 11.4 Å². The van der Waals surface area contributed by atoms with Gasteiger partial charge in [-0.3, -0.25) is 4.79 Å². The highest BCUT2D eigenvalue weighted by atomic mass is 35.5. The van der Waals surface area contributed by atoms with E-state index >= 15 is 0 Å². The van der Waals surface area contributed by atoms with E-state index in [2.05, 4.69) is 11.6 Å². The molecular weight excluding hydrogens is 264 g/mol. The summed E-state index contributed by atoms with van der Waals surface area (Å²) in [5.41, 5.74) is 1.39. The predicted molar refractivity (Wildman–Crippen MR) is 74.2 cm³/mol. The van der Waals surface area contributed by atoms with Crippen molar-refractivity contribution < 1.29 is 9.90 Å².